The van der Waals surface area contributed by atoms with Gasteiger partial charge in [-0.25, -0.2) is 0 Å². The highest BCUT2D eigenvalue weighted by Crippen LogP contribution is 2.20. The highest BCUT2D eigenvalue weighted by molar-refractivity contribution is 7.09. The Morgan fingerprint density at radius 1 is 1.69 bits per heavy atom. The van der Waals surface area contributed by atoms with Crippen molar-refractivity contribution in [2.45, 2.75) is 25.4 Å². The summed E-state index contributed by atoms with van der Waals surface area (Å²) in [6.07, 6.45) is 4.51. The molecule has 0 spiro atoms. The zero-order chi connectivity index (χ0) is 9.10. The predicted molar refractivity (Wildman–Crippen MR) is 54.6 cm³/mol. The lowest BCUT2D eigenvalue weighted by atomic mass is 10.2. The number of aromatic nitrogens is 1. The predicted octanol–water partition coefficient (Wildman–Crippen LogP) is 1.07. The fourth-order valence-corrected chi connectivity index (χ4v) is 2.51. The van der Waals surface area contributed by atoms with Crippen molar-refractivity contribution in [2.24, 2.45) is 5.73 Å². The molecular formula is C9H15N3S. The summed E-state index contributed by atoms with van der Waals surface area (Å²) in [6, 6.07) is 0.599. The van der Waals surface area contributed by atoms with Crippen LogP contribution in [0.3, 0.4) is 0 Å². The van der Waals surface area contributed by atoms with Gasteiger partial charge in [0.05, 0.1) is 5.51 Å². The van der Waals surface area contributed by atoms with Crippen molar-refractivity contribution in [3.63, 3.8) is 0 Å². The molecule has 1 aromatic rings. The number of thiazole rings is 1. The molecule has 0 saturated carbocycles. The van der Waals surface area contributed by atoms with Crippen molar-refractivity contribution in [1.29, 1.82) is 0 Å². The molecule has 1 aliphatic heterocycles. The third-order valence-corrected chi connectivity index (χ3v) is 3.38. The SMILES string of the molecule is NCC1CCCN1Cc1cncs1. The summed E-state index contributed by atoms with van der Waals surface area (Å²) < 4.78 is 0. The van der Waals surface area contributed by atoms with Crippen LogP contribution < -0.4 is 5.73 Å². The Hall–Kier alpha value is -0.450. The maximum atomic E-state index is 5.70. The molecular weight excluding hydrogens is 182 g/mol. The lowest BCUT2D eigenvalue weighted by molar-refractivity contribution is 0.252. The third-order valence-electron chi connectivity index (χ3n) is 2.61. The van der Waals surface area contributed by atoms with Gasteiger partial charge in [0.1, 0.15) is 0 Å². The van der Waals surface area contributed by atoms with E-state index in [4.69, 9.17) is 5.73 Å². The van der Waals surface area contributed by atoms with Gasteiger partial charge in [0.25, 0.3) is 0 Å². The average molecular weight is 197 g/mol. The highest BCUT2D eigenvalue weighted by Gasteiger charge is 2.22. The monoisotopic (exact) mass is 197 g/mol. The molecule has 0 aromatic carbocycles. The van der Waals surface area contributed by atoms with Gasteiger partial charge in [-0.3, -0.25) is 9.88 Å². The summed E-state index contributed by atoms with van der Waals surface area (Å²) in [4.78, 5) is 7.89. The first-order valence-electron chi connectivity index (χ1n) is 4.71. The largest absolute Gasteiger partial charge is 0.329 e. The van der Waals surface area contributed by atoms with Gasteiger partial charge in [-0.05, 0) is 19.4 Å². The highest BCUT2D eigenvalue weighted by atomic mass is 32.1. The van der Waals surface area contributed by atoms with E-state index < -0.39 is 0 Å². The number of rotatable bonds is 3. The summed E-state index contributed by atoms with van der Waals surface area (Å²) in [7, 11) is 0. The minimum absolute atomic E-state index is 0.599. The molecule has 2 heterocycles. The van der Waals surface area contributed by atoms with E-state index in [0.29, 0.717) is 6.04 Å². The van der Waals surface area contributed by atoms with Gasteiger partial charge in [0, 0.05) is 30.2 Å². The zero-order valence-corrected chi connectivity index (χ0v) is 8.46. The number of hydrogen-bond acceptors (Lipinski definition) is 4. The fraction of sp³-hybridized carbons (Fsp3) is 0.667. The maximum Gasteiger partial charge on any atom is 0.0794 e. The summed E-state index contributed by atoms with van der Waals surface area (Å²) in [5.74, 6) is 0. The van der Waals surface area contributed by atoms with Gasteiger partial charge in [-0.15, -0.1) is 11.3 Å². The van der Waals surface area contributed by atoms with Crippen LogP contribution in [-0.2, 0) is 6.54 Å². The Labute approximate surface area is 82.6 Å². The molecule has 1 unspecified atom stereocenters. The van der Waals surface area contributed by atoms with Gasteiger partial charge in [0.2, 0.25) is 0 Å². The summed E-state index contributed by atoms with van der Waals surface area (Å²) in [5.41, 5.74) is 7.59. The van der Waals surface area contributed by atoms with Gasteiger partial charge in [-0.1, -0.05) is 0 Å². The number of nitrogens with zero attached hydrogens (tertiary/aromatic N) is 2. The molecule has 0 aliphatic carbocycles. The van der Waals surface area contributed by atoms with Crippen LogP contribution in [0.2, 0.25) is 0 Å². The van der Waals surface area contributed by atoms with Crippen LogP contribution in [0.4, 0.5) is 0 Å². The number of hydrogen-bond donors (Lipinski definition) is 1. The smallest absolute Gasteiger partial charge is 0.0794 e. The molecule has 1 fully saturated rings. The second-order valence-electron chi connectivity index (χ2n) is 3.47. The standard InChI is InChI=1S/C9H15N3S/c10-4-8-2-1-3-12(8)6-9-5-11-7-13-9/h5,7-8H,1-4,6,10H2. The van der Waals surface area contributed by atoms with Crippen LogP contribution in [0, 0.1) is 0 Å². The van der Waals surface area contributed by atoms with Crippen LogP contribution >= 0.6 is 11.3 Å². The van der Waals surface area contributed by atoms with Crippen molar-refractivity contribution in [3.8, 4) is 0 Å². The molecule has 13 heavy (non-hydrogen) atoms. The molecule has 4 heteroatoms. The van der Waals surface area contributed by atoms with Crippen molar-refractivity contribution >= 4 is 11.3 Å². The minimum atomic E-state index is 0.599. The van der Waals surface area contributed by atoms with E-state index in [2.05, 4.69) is 9.88 Å². The van der Waals surface area contributed by atoms with Crippen LogP contribution in [0.5, 0.6) is 0 Å². The molecule has 1 aliphatic rings. The van der Waals surface area contributed by atoms with E-state index in [0.717, 1.165) is 13.1 Å². The topological polar surface area (TPSA) is 42.1 Å². The normalized spacial score (nSPS) is 23.9. The quantitative estimate of drug-likeness (QED) is 0.788. The molecule has 1 aromatic heterocycles. The van der Waals surface area contributed by atoms with Crippen molar-refractivity contribution < 1.29 is 0 Å². The second kappa shape index (κ2) is 4.17. The molecule has 0 bridgehead atoms. The number of nitrogens with two attached hydrogens (primary N) is 1. The van der Waals surface area contributed by atoms with Crippen LogP contribution in [0.1, 0.15) is 17.7 Å². The second-order valence-corrected chi connectivity index (χ2v) is 4.44. The van der Waals surface area contributed by atoms with E-state index in [-0.39, 0.29) is 0 Å². The zero-order valence-electron chi connectivity index (χ0n) is 7.65. The first-order chi connectivity index (χ1) is 6.40. The van der Waals surface area contributed by atoms with Crippen LogP contribution in [0.15, 0.2) is 11.7 Å². The summed E-state index contributed by atoms with van der Waals surface area (Å²) in [6.45, 7) is 3.02. The third kappa shape index (κ3) is 2.07. The molecule has 1 saturated heterocycles. The Morgan fingerprint density at radius 2 is 2.62 bits per heavy atom. The number of likely N-dealkylation sites (tertiary alicyclic amines) is 1. The van der Waals surface area contributed by atoms with E-state index in [9.17, 15) is 0 Å². The van der Waals surface area contributed by atoms with Crippen LogP contribution in [0.25, 0.3) is 0 Å². The molecule has 72 valence electrons. The van der Waals surface area contributed by atoms with E-state index in [1.54, 1.807) is 11.3 Å². The fourth-order valence-electron chi connectivity index (χ4n) is 1.89. The molecule has 3 nitrogen and oxygen atoms in total. The Bertz CT molecular complexity index is 247. The first kappa shape index (κ1) is 9.12. The Morgan fingerprint density at radius 3 is 3.31 bits per heavy atom. The lowest BCUT2D eigenvalue weighted by Gasteiger charge is -2.21. The Kier molecular flexibility index (Phi) is 2.93. The lowest BCUT2D eigenvalue weighted by Crippen LogP contribution is -2.34. The Balaban J connectivity index is 1.94. The molecule has 2 N–H and O–H groups in total. The molecule has 1 atom stereocenters. The van der Waals surface area contributed by atoms with Crippen LogP contribution in [-0.4, -0.2) is 29.0 Å². The van der Waals surface area contributed by atoms with Crippen molar-refractivity contribution in [2.75, 3.05) is 13.1 Å². The summed E-state index contributed by atoms with van der Waals surface area (Å²) >= 11 is 1.73. The van der Waals surface area contributed by atoms with E-state index in [1.807, 2.05) is 11.7 Å². The van der Waals surface area contributed by atoms with Gasteiger partial charge >= 0.3 is 0 Å². The minimum Gasteiger partial charge on any atom is -0.329 e. The van der Waals surface area contributed by atoms with Gasteiger partial charge in [-0.2, -0.15) is 0 Å². The van der Waals surface area contributed by atoms with E-state index in [1.165, 1.54) is 24.3 Å². The average Bonchev–Trinajstić information content (AvgIpc) is 2.76. The van der Waals surface area contributed by atoms with Crippen molar-refractivity contribution in [1.82, 2.24) is 9.88 Å². The molecule has 0 radical (unpaired) electrons. The molecule has 0 amide bonds. The van der Waals surface area contributed by atoms with Gasteiger partial charge < -0.3 is 5.73 Å². The maximum absolute atomic E-state index is 5.70. The molecule has 2 rings (SSSR count). The first-order valence-corrected chi connectivity index (χ1v) is 5.59. The van der Waals surface area contributed by atoms with E-state index >= 15 is 0 Å². The summed E-state index contributed by atoms with van der Waals surface area (Å²) in [5, 5.41) is 0. The van der Waals surface area contributed by atoms with Crippen molar-refractivity contribution in [3.05, 3.63) is 16.6 Å². The van der Waals surface area contributed by atoms with Gasteiger partial charge in [0.15, 0.2) is 0 Å².